The van der Waals surface area contributed by atoms with Crippen molar-refractivity contribution in [3.63, 3.8) is 0 Å². The zero-order valence-electron chi connectivity index (χ0n) is 18.9. The first-order valence-corrected chi connectivity index (χ1v) is 10.5. The predicted octanol–water partition coefficient (Wildman–Crippen LogP) is 5.36. The quantitative estimate of drug-likeness (QED) is 0.431. The highest BCUT2D eigenvalue weighted by molar-refractivity contribution is 5.90. The Balaban J connectivity index is 1.70. The second-order valence-electron chi connectivity index (χ2n) is 8.49. The summed E-state index contributed by atoms with van der Waals surface area (Å²) >= 11 is 0. The number of hydrogen-bond acceptors (Lipinski definition) is 6. The molecule has 9 heteroatoms. The monoisotopic (exact) mass is 459 g/mol. The molecule has 4 rings (SSSR count). The Morgan fingerprint density at radius 1 is 1.21 bits per heavy atom. The summed E-state index contributed by atoms with van der Waals surface area (Å²) in [7, 11) is 0. The maximum atomic E-state index is 13.8. The maximum Gasteiger partial charge on any atom is 0.413 e. The molecule has 0 spiro atoms. The van der Waals surface area contributed by atoms with E-state index in [1.165, 1.54) is 18.2 Å². The van der Waals surface area contributed by atoms with Gasteiger partial charge in [0.2, 0.25) is 0 Å². The van der Waals surface area contributed by atoms with Gasteiger partial charge in [0.1, 0.15) is 18.0 Å². The number of nitrogens with one attached hydrogen (secondary N) is 1. The van der Waals surface area contributed by atoms with Gasteiger partial charge in [-0.3, -0.25) is 5.32 Å². The zero-order valence-corrected chi connectivity index (χ0v) is 18.9. The molecule has 0 radical (unpaired) electrons. The fourth-order valence-electron chi connectivity index (χ4n) is 3.29. The number of rotatable bonds is 5. The topological polar surface area (TPSA) is 102 Å². The summed E-state index contributed by atoms with van der Waals surface area (Å²) in [5.41, 5.74) is 1.64. The Kier molecular flexibility index (Phi) is 6.15. The van der Waals surface area contributed by atoms with Crippen molar-refractivity contribution >= 4 is 22.8 Å². The standard InChI is InChI=1S/C25H22FN5O3/c1-25(2,3)34-24(32)30-23-22(13-17-12-19(26)6-7-20(17)29-23)33-15-18-11-16(14-27)5-8-21(18)31-10-4-9-28-31/h4-13H,15H2,1-3H3,(H,29,30,32). The van der Waals surface area contributed by atoms with Crippen molar-refractivity contribution in [3.8, 4) is 17.5 Å². The third-order valence-electron chi connectivity index (χ3n) is 4.70. The number of ether oxygens (including phenoxy) is 2. The number of halogens is 1. The van der Waals surface area contributed by atoms with Crippen LogP contribution in [0.4, 0.5) is 15.0 Å². The summed E-state index contributed by atoms with van der Waals surface area (Å²) < 4.78 is 26.8. The van der Waals surface area contributed by atoms with Gasteiger partial charge in [0.05, 0.1) is 22.8 Å². The van der Waals surface area contributed by atoms with Gasteiger partial charge in [-0.15, -0.1) is 0 Å². The first-order valence-electron chi connectivity index (χ1n) is 10.5. The fraction of sp³-hybridized carbons (Fsp3) is 0.200. The van der Waals surface area contributed by atoms with Gasteiger partial charge in [-0.05, 0) is 69.3 Å². The number of fused-ring (bicyclic) bond motifs is 1. The molecule has 2 aromatic heterocycles. The number of carbonyl (C=O) groups is 1. The van der Waals surface area contributed by atoms with Crippen molar-refractivity contribution in [2.45, 2.75) is 33.0 Å². The number of amides is 1. The summed E-state index contributed by atoms with van der Waals surface area (Å²) in [6.07, 6.45) is 2.73. The summed E-state index contributed by atoms with van der Waals surface area (Å²) in [6, 6.07) is 14.8. The van der Waals surface area contributed by atoms with Gasteiger partial charge in [0, 0.05) is 23.3 Å². The third-order valence-corrected chi connectivity index (χ3v) is 4.70. The van der Waals surface area contributed by atoms with E-state index in [0.717, 1.165) is 5.69 Å². The molecule has 0 saturated heterocycles. The molecule has 1 N–H and O–H groups in total. The largest absolute Gasteiger partial charge is 0.485 e. The number of benzene rings is 2. The molecule has 0 unspecified atom stereocenters. The molecule has 34 heavy (non-hydrogen) atoms. The second-order valence-corrected chi connectivity index (χ2v) is 8.49. The molecule has 172 valence electrons. The van der Waals surface area contributed by atoms with Crippen molar-refractivity contribution < 1.29 is 18.7 Å². The van der Waals surface area contributed by atoms with Crippen LogP contribution in [0.15, 0.2) is 60.9 Å². The highest BCUT2D eigenvalue weighted by atomic mass is 19.1. The van der Waals surface area contributed by atoms with Crippen molar-refractivity contribution in [2.75, 3.05) is 5.32 Å². The molecule has 8 nitrogen and oxygen atoms in total. The molecule has 0 bridgehead atoms. The predicted molar refractivity (Wildman–Crippen MR) is 124 cm³/mol. The molecule has 2 heterocycles. The van der Waals surface area contributed by atoms with E-state index in [2.05, 4.69) is 21.5 Å². The molecule has 0 aliphatic heterocycles. The van der Waals surface area contributed by atoms with Crippen LogP contribution in [0, 0.1) is 17.1 Å². The molecule has 0 aliphatic rings. The van der Waals surface area contributed by atoms with Crippen molar-refractivity contribution in [3.05, 3.63) is 77.9 Å². The minimum Gasteiger partial charge on any atom is -0.485 e. The number of aromatic nitrogens is 3. The number of hydrogen-bond donors (Lipinski definition) is 1. The normalized spacial score (nSPS) is 11.1. The van der Waals surface area contributed by atoms with Crippen LogP contribution in [0.2, 0.25) is 0 Å². The Hall–Kier alpha value is -4.45. The van der Waals surface area contributed by atoms with Crippen LogP contribution < -0.4 is 10.1 Å². The molecular formula is C25H22FN5O3. The van der Waals surface area contributed by atoms with Gasteiger partial charge in [-0.2, -0.15) is 10.4 Å². The second kappa shape index (κ2) is 9.19. The minimum atomic E-state index is -0.707. The fourth-order valence-corrected chi connectivity index (χ4v) is 3.29. The summed E-state index contributed by atoms with van der Waals surface area (Å²) in [6.45, 7) is 5.29. The van der Waals surface area contributed by atoms with Crippen molar-refractivity contribution in [1.29, 1.82) is 5.26 Å². The van der Waals surface area contributed by atoms with E-state index in [1.54, 1.807) is 68.2 Å². The first-order chi connectivity index (χ1) is 16.2. The van der Waals surface area contributed by atoms with Crippen molar-refractivity contribution in [1.82, 2.24) is 14.8 Å². The lowest BCUT2D eigenvalue weighted by molar-refractivity contribution is 0.0634. The Morgan fingerprint density at radius 2 is 2.03 bits per heavy atom. The van der Waals surface area contributed by atoms with Crippen LogP contribution in [0.5, 0.6) is 5.75 Å². The van der Waals surface area contributed by atoms with E-state index in [0.29, 0.717) is 22.0 Å². The van der Waals surface area contributed by atoms with E-state index >= 15 is 0 Å². The zero-order chi connectivity index (χ0) is 24.3. The van der Waals surface area contributed by atoms with E-state index < -0.39 is 17.5 Å². The molecular weight excluding hydrogens is 437 g/mol. The van der Waals surface area contributed by atoms with Crippen LogP contribution in [-0.2, 0) is 11.3 Å². The summed E-state index contributed by atoms with van der Waals surface area (Å²) in [5.74, 6) is -0.0704. The molecule has 2 aromatic carbocycles. The van der Waals surface area contributed by atoms with Crippen LogP contribution >= 0.6 is 0 Å². The lowest BCUT2D eigenvalue weighted by Crippen LogP contribution is -2.27. The number of carbonyl (C=O) groups excluding carboxylic acids is 1. The van der Waals surface area contributed by atoms with Gasteiger partial charge < -0.3 is 9.47 Å². The van der Waals surface area contributed by atoms with E-state index in [4.69, 9.17) is 9.47 Å². The molecule has 0 aliphatic carbocycles. The highest BCUT2D eigenvalue weighted by Gasteiger charge is 2.19. The smallest absolute Gasteiger partial charge is 0.413 e. The minimum absolute atomic E-state index is 0.0379. The van der Waals surface area contributed by atoms with Crippen LogP contribution in [-0.4, -0.2) is 26.5 Å². The lowest BCUT2D eigenvalue weighted by atomic mass is 10.1. The van der Waals surface area contributed by atoms with Crippen molar-refractivity contribution in [2.24, 2.45) is 0 Å². The molecule has 4 aromatic rings. The molecule has 1 amide bonds. The Labute approximate surface area is 195 Å². The van der Waals surface area contributed by atoms with Gasteiger partial charge in [-0.25, -0.2) is 18.9 Å². The average Bonchev–Trinajstić information content (AvgIpc) is 3.31. The van der Waals surface area contributed by atoms with E-state index in [1.807, 2.05) is 0 Å². The van der Waals surface area contributed by atoms with E-state index in [-0.39, 0.29) is 18.2 Å². The SMILES string of the molecule is CC(C)(C)OC(=O)Nc1nc2ccc(F)cc2cc1OCc1cc(C#N)ccc1-n1cccn1. The van der Waals surface area contributed by atoms with Gasteiger partial charge in [-0.1, -0.05) is 0 Å². The van der Waals surface area contributed by atoms with Gasteiger partial charge in [0.15, 0.2) is 11.6 Å². The van der Waals surface area contributed by atoms with Crippen LogP contribution in [0.3, 0.4) is 0 Å². The Morgan fingerprint density at radius 3 is 2.74 bits per heavy atom. The third kappa shape index (κ3) is 5.30. The number of nitriles is 1. The van der Waals surface area contributed by atoms with Gasteiger partial charge >= 0.3 is 6.09 Å². The van der Waals surface area contributed by atoms with E-state index in [9.17, 15) is 14.4 Å². The maximum absolute atomic E-state index is 13.8. The molecule has 0 saturated carbocycles. The number of pyridine rings is 1. The summed E-state index contributed by atoms with van der Waals surface area (Å²) in [5, 5.41) is 16.7. The molecule has 0 fully saturated rings. The van der Waals surface area contributed by atoms with Crippen LogP contribution in [0.25, 0.3) is 16.6 Å². The first kappa shape index (κ1) is 22.7. The number of nitrogens with zero attached hydrogens (tertiary/aromatic N) is 4. The summed E-state index contributed by atoms with van der Waals surface area (Å²) in [4.78, 5) is 16.8. The van der Waals surface area contributed by atoms with Gasteiger partial charge in [0.25, 0.3) is 0 Å². The highest BCUT2D eigenvalue weighted by Crippen LogP contribution is 2.30. The Bertz CT molecular complexity index is 1390. The number of anilines is 1. The average molecular weight is 459 g/mol. The lowest BCUT2D eigenvalue weighted by Gasteiger charge is -2.20. The van der Waals surface area contributed by atoms with Crippen LogP contribution in [0.1, 0.15) is 31.9 Å². The molecule has 0 atom stereocenters.